The van der Waals surface area contributed by atoms with Crippen LogP contribution in [0.2, 0.25) is 0 Å². The van der Waals surface area contributed by atoms with E-state index < -0.39 is 0 Å². The Morgan fingerprint density at radius 2 is 2.24 bits per heavy atom. The van der Waals surface area contributed by atoms with E-state index in [0.29, 0.717) is 0 Å². The Labute approximate surface area is 106 Å². The molecule has 4 heteroatoms. The molecule has 94 valence electrons. The maximum absolute atomic E-state index is 5.89. The quantitative estimate of drug-likeness (QED) is 0.894. The van der Waals surface area contributed by atoms with Crippen LogP contribution in [0.4, 0.5) is 0 Å². The number of thiophene rings is 1. The molecule has 1 N–H and O–H groups in total. The van der Waals surface area contributed by atoms with Gasteiger partial charge in [0.15, 0.2) is 5.79 Å². The Morgan fingerprint density at radius 3 is 3.00 bits per heavy atom. The van der Waals surface area contributed by atoms with Crippen LogP contribution in [-0.2, 0) is 28.1 Å². The van der Waals surface area contributed by atoms with Gasteiger partial charge in [0.2, 0.25) is 0 Å². The highest BCUT2D eigenvalue weighted by atomic mass is 32.1. The van der Waals surface area contributed by atoms with Crippen LogP contribution in [0.1, 0.15) is 28.2 Å². The molecule has 2 aliphatic rings. The molecule has 1 spiro atoms. The smallest absolute Gasteiger partial charge is 0.196 e. The Morgan fingerprint density at radius 1 is 1.41 bits per heavy atom. The second-order valence-corrected chi connectivity index (χ2v) is 5.93. The van der Waals surface area contributed by atoms with Gasteiger partial charge < -0.3 is 14.8 Å². The van der Waals surface area contributed by atoms with Gasteiger partial charge >= 0.3 is 0 Å². The van der Waals surface area contributed by atoms with E-state index in [-0.39, 0.29) is 5.79 Å². The van der Waals surface area contributed by atoms with E-state index in [1.165, 1.54) is 28.2 Å². The molecular formula is C13H19NO2S. The summed E-state index contributed by atoms with van der Waals surface area (Å²) in [4.78, 5) is 2.92. The van der Waals surface area contributed by atoms with Gasteiger partial charge in [-0.3, -0.25) is 0 Å². The van der Waals surface area contributed by atoms with Crippen molar-refractivity contribution in [3.8, 4) is 0 Å². The molecule has 2 heterocycles. The van der Waals surface area contributed by atoms with Crippen molar-refractivity contribution in [1.29, 1.82) is 0 Å². The molecule has 1 saturated heterocycles. The average molecular weight is 253 g/mol. The first-order valence-electron chi connectivity index (χ1n) is 6.39. The molecule has 0 atom stereocenters. The fourth-order valence-electron chi connectivity index (χ4n) is 2.73. The average Bonchev–Trinajstić information content (AvgIpc) is 2.95. The second-order valence-electron chi connectivity index (χ2n) is 4.71. The summed E-state index contributed by atoms with van der Waals surface area (Å²) in [5.74, 6) is -0.387. The first kappa shape index (κ1) is 11.7. The summed E-state index contributed by atoms with van der Waals surface area (Å²) in [6, 6.07) is 2.31. The van der Waals surface area contributed by atoms with Crippen LogP contribution in [0, 0.1) is 0 Å². The maximum atomic E-state index is 5.89. The Balaban J connectivity index is 1.88. The first-order chi connectivity index (χ1) is 8.34. The SMILES string of the molecule is CNCCc1cc2c(s1)CCCC21OCCO1. The highest BCUT2D eigenvalue weighted by molar-refractivity contribution is 7.12. The van der Waals surface area contributed by atoms with Crippen LogP contribution in [-0.4, -0.2) is 26.8 Å². The second kappa shape index (κ2) is 4.69. The summed E-state index contributed by atoms with van der Waals surface area (Å²) in [5, 5.41) is 3.20. The van der Waals surface area contributed by atoms with Crippen LogP contribution >= 0.6 is 11.3 Å². The number of rotatable bonds is 3. The van der Waals surface area contributed by atoms with Crippen molar-refractivity contribution < 1.29 is 9.47 Å². The van der Waals surface area contributed by atoms with Crippen LogP contribution in [0.25, 0.3) is 0 Å². The van der Waals surface area contributed by atoms with Gasteiger partial charge in [-0.25, -0.2) is 0 Å². The molecular weight excluding hydrogens is 234 g/mol. The predicted molar refractivity (Wildman–Crippen MR) is 68.5 cm³/mol. The zero-order chi connectivity index (χ0) is 11.7. The number of ether oxygens (including phenoxy) is 2. The van der Waals surface area contributed by atoms with Gasteiger partial charge in [-0.05, 0) is 38.9 Å². The van der Waals surface area contributed by atoms with Crippen LogP contribution in [0.3, 0.4) is 0 Å². The minimum atomic E-state index is -0.387. The lowest BCUT2D eigenvalue weighted by molar-refractivity contribution is -0.175. The minimum Gasteiger partial charge on any atom is -0.343 e. The van der Waals surface area contributed by atoms with Gasteiger partial charge in [0, 0.05) is 21.7 Å². The summed E-state index contributed by atoms with van der Waals surface area (Å²) in [7, 11) is 2.00. The van der Waals surface area contributed by atoms with Gasteiger partial charge in [0.1, 0.15) is 0 Å². The molecule has 3 nitrogen and oxygen atoms in total. The van der Waals surface area contributed by atoms with E-state index >= 15 is 0 Å². The van der Waals surface area contributed by atoms with Crippen LogP contribution < -0.4 is 5.32 Å². The number of aryl methyl sites for hydroxylation is 1. The standard InChI is InChI=1S/C13H19NO2S/c1-14-6-4-10-9-11-12(17-10)3-2-5-13(11)15-7-8-16-13/h9,14H,2-8H2,1H3. The number of fused-ring (bicyclic) bond motifs is 2. The van der Waals surface area contributed by atoms with E-state index in [4.69, 9.17) is 9.47 Å². The van der Waals surface area contributed by atoms with Crippen LogP contribution in [0.15, 0.2) is 6.07 Å². The van der Waals surface area contributed by atoms with E-state index in [1.54, 1.807) is 0 Å². The molecule has 0 aromatic carbocycles. The third-order valence-corrected chi connectivity index (χ3v) is 4.81. The number of nitrogens with one attached hydrogen (secondary N) is 1. The van der Waals surface area contributed by atoms with Crippen molar-refractivity contribution in [3.05, 3.63) is 21.4 Å². The molecule has 3 rings (SSSR count). The van der Waals surface area contributed by atoms with Crippen molar-refractivity contribution in [2.24, 2.45) is 0 Å². The molecule has 0 unspecified atom stereocenters. The largest absolute Gasteiger partial charge is 0.343 e. The molecule has 1 fully saturated rings. The van der Waals surface area contributed by atoms with Crippen molar-refractivity contribution >= 4 is 11.3 Å². The third-order valence-electron chi connectivity index (χ3n) is 3.56. The van der Waals surface area contributed by atoms with E-state index in [2.05, 4.69) is 11.4 Å². The van der Waals surface area contributed by atoms with Gasteiger partial charge in [-0.2, -0.15) is 0 Å². The molecule has 0 bridgehead atoms. The highest BCUT2D eigenvalue weighted by Crippen LogP contribution is 2.45. The first-order valence-corrected chi connectivity index (χ1v) is 7.20. The van der Waals surface area contributed by atoms with Gasteiger partial charge in [-0.15, -0.1) is 11.3 Å². The Hall–Kier alpha value is -0.420. The fourth-order valence-corrected chi connectivity index (χ4v) is 4.00. The van der Waals surface area contributed by atoms with Gasteiger partial charge in [0.25, 0.3) is 0 Å². The summed E-state index contributed by atoms with van der Waals surface area (Å²) in [6.45, 7) is 2.51. The van der Waals surface area contributed by atoms with Gasteiger partial charge in [0.05, 0.1) is 13.2 Å². The van der Waals surface area contributed by atoms with E-state index in [1.807, 2.05) is 18.4 Å². The number of hydrogen-bond acceptors (Lipinski definition) is 4. The molecule has 1 aromatic heterocycles. The normalized spacial score (nSPS) is 21.9. The van der Waals surface area contributed by atoms with Crippen molar-refractivity contribution in [3.63, 3.8) is 0 Å². The summed E-state index contributed by atoms with van der Waals surface area (Å²) >= 11 is 1.94. The number of likely N-dealkylation sites (N-methyl/N-ethyl adjacent to an activating group) is 1. The molecule has 0 saturated carbocycles. The van der Waals surface area contributed by atoms with E-state index in [9.17, 15) is 0 Å². The fraction of sp³-hybridized carbons (Fsp3) is 0.692. The van der Waals surface area contributed by atoms with Crippen molar-refractivity contribution in [1.82, 2.24) is 5.32 Å². The predicted octanol–water partition coefficient (Wildman–Crippen LogP) is 2.05. The summed E-state index contributed by atoms with van der Waals surface area (Å²) in [6.07, 6.45) is 4.49. The lowest BCUT2D eigenvalue weighted by Crippen LogP contribution is -2.30. The Kier molecular flexibility index (Phi) is 3.21. The van der Waals surface area contributed by atoms with Gasteiger partial charge in [-0.1, -0.05) is 0 Å². The van der Waals surface area contributed by atoms with E-state index in [0.717, 1.165) is 32.6 Å². The molecule has 1 aliphatic heterocycles. The molecule has 0 amide bonds. The monoisotopic (exact) mass is 253 g/mol. The molecule has 0 radical (unpaired) electrons. The van der Waals surface area contributed by atoms with Crippen LogP contribution in [0.5, 0.6) is 0 Å². The number of hydrogen-bond donors (Lipinski definition) is 1. The maximum Gasteiger partial charge on any atom is 0.196 e. The third kappa shape index (κ3) is 2.03. The highest BCUT2D eigenvalue weighted by Gasteiger charge is 2.43. The lowest BCUT2D eigenvalue weighted by atomic mass is 9.92. The summed E-state index contributed by atoms with van der Waals surface area (Å²) in [5.41, 5.74) is 1.32. The molecule has 17 heavy (non-hydrogen) atoms. The minimum absolute atomic E-state index is 0.387. The zero-order valence-electron chi connectivity index (χ0n) is 10.3. The Bertz CT molecular complexity index is 396. The van der Waals surface area contributed by atoms with Crippen molar-refractivity contribution in [2.45, 2.75) is 31.5 Å². The molecule has 1 aromatic rings. The zero-order valence-corrected chi connectivity index (χ0v) is 11.1. The summed E-state index contributed by atoms with van der Waals surface area (Å²) < 4.78 is 11.8. The van der Waals surface area contributed by atoms with Crippen molar-refractivity contribution in [2.75, 3.05) is 26.8 Å². The lowest BCUT2D eigenvalue weighted by Gasteiger charge is -2.31. The molecule has 1 aliphatic carbocycles. The topological polar surface area (TPSA) is 30.5 Å².